The molecule has 0 radical (unpaired) electrons. The van der Waals surface area contributed by atoms with Gasteiger partial charge >= 0.3 is 0 Å². The first-order valence-electron chi connectivity index (χ1n) is 12.6. The van der Waals surface area contributed by atoms with Crippen LogP contribution in [0.25, 0.3) is 0 Å². The maximum Gasteiger partial charge on any atom is 0.274 e. The van der Waals surface area contributed by atoms with Gasteiger partial charge in [0.25, 0.3) is 11.8 Å². The molecule has 2 aliphatic rings. The summed E-state index contributed by atoms with van der Waals surface area (Å²) >= 11 is 0. The van der Waals surface area contributed by atoms with E-state index in [4.69, 9.17) is 4.52 Å². The van der Waals surface area contributed by atoms with Crippen molar-refractivity contribution in [1.82, 2.24) is 20.7 Å². The fourth-order valence-electron chi connectivity index (χ4n) is 4.72. The average Bonchev–Trinajstić information content (AvgIpc) is 3.24. The van der Waals surface area contributed by atoms with Crippen molar-refractivity contribution < 1.29 is 23.3 Å². The van der Waals surface area contributed by atoms with Gasteiger partial charge in [-0.25, -0.2) is 4.39 Å². The van der Waals surface area contributed by atoms with Crippen LogP contribution in [0.5, 0.6) is 0 Å². The number of carbonyl (C=O) groups is 3. The summed E-state index contributed by atoms with van der Waals surface area (Å²) in [7, 11) is 0. The Labute approximate surface area is 211 Å². The average molecular weight is 499 g/mol. The van der Waals surface area contributed by atoms with Crippen LogP contribution in [0.4, 0.5) is 4.39 Å². The number of rotatable bonds is 6. The first-order chi connectivity index (χ1) is 16.8. The number of hydrogen-bond donors (Lipinski definition) is 2. The number of nitrogens with zero attached hydrogens (tertiary/aromatic N) is 2. The van der Waals surface area contributed by atoms with Gasteiger partial charge in [-0.05, 0) is 58.6 Å². The monoisotopic (exact) mass is 498 g/mol. The maximum atomic E-state index is 15.0. The molecule has 3 unspecified atom stereocenters. The maximum absolute atomic E-state index is 15.0. The number of amides is 3. The normalized spacial score (nSPS) is 21.7. The Balaban J connectivity index is 1.41. The number of likely N-dealkylation sites (tertiary alicyclic amines) is 1. The second-order valence-electron chi connectivity index (χ2n) is 11.3. The van der Waals surface area contributed by atoms with Crippen LogP contribution in [0.2, 0.25) is 0 Å². The van der Waals surface area contributed by atoms with Gasteiger partial charge in [0.15, 0.2) is 5.69 Å². The van der Waals surface area contributed by atoms with Crippen molar-refractivity contribution >= 4 is 17.7 Å². The molecule has 36 heavy (non-hydrogen) atoms. The van der Waals surface area contributed by atoms with Gasteiger partial charge in [-0.15, -0.1) is 0 Å². The van der Waals surface area contributed by atoms with Crippen molar-refractivity contribution in [2.24, 2.45) is 0 Å². The molecule has 9 heteroatoms. The quantitative estimate of drug-likeness (QED) is 0.619. The molecule has 1 saturated carbocycles. The van der Waals surface area contributed by atoms with Crippen LogP contribution in [0.15, 0.2) is 28.8 Å². The molecule has 3 amide bonds. The molecular weight excluding hydrogens is 463 g/mol. The molecule has 1 saturated heterocycles. The Morgan fingerprint density at radius 1 is 1.14 bits per heavy atom. The Morgan fingerprint density at radius 3 is 2.31 bits per heavy atom. The smallest absolute Gasteiger partial charge is 0.274 e. The predicted octanol–water partition coefficient (Wildman–Crippen LogP) is 4.26. The largest absolute Gasteiger partial charge is 0.360 e. The number of nitrogens with one attached hydrogen (secondary N) is 2. The van der Waals surface area contributed by atoms with Crippen molar-refractivity contribution in [3.8, 4) is 0 Å². The third-order valence-electron chi connectivity index (χ3n) is 7.27. The Bertz CT molecular complexity index is 1170. The van der Waals surface area contributed by atoms with E-state index >= 15 is 4.39 Å². The molecule has 1 aliphatic carbocycles. The van der Waals surface area contributed by atoms with Crippen LogP contribution in [-0.4, -0.2) is 45.4 Å². The van der Waals surface area contributed by atoms with Crippen molar-refractivity contribution in [2.45, 2.75) is 96.3 Å². The third-order valence-corrected chi connectivity index (χ3v) is 7.27. The van der Waals surface area contributed by atoms with Gasteiger partial charge in [0.2, 0.25) is 5.91 Å². The van der Waals surface area contributed by atoms with Crippen molar-refractivity contribution in [2.75, 3.05) is 0 Å². The Hall–Kier alpha value is -3.23. The first kappa shape index (κ1) is 25.9. The summed E-state index contributed by atoms with van der Waals surface area (Å²) in [6.45, 7) is 11.5. The standard InChI is InChI=1S/C27H35FN4O4/c1-15-7-8-16(2)32(15)24(34)18-9-10-19(20(28)13-18)17(3)29-25(35)27(11-12-27)30-23(33)21-14-22(36-31-21)26(4,5)6/h9-10,13-17H,7-8,11-12H2,1-6H3,(H,29,35)(H,30,33). The number of hydrogen-bond acceptors (Lipinski definition) is 5. The molecule has 194 valence electrons. The van der Waals surface area contributed by atoms with Crippen LogP contribution < -0.4 is 10.6 Å². The number of aromatic nitrogens is 1. The Morgan fingerprint density at radius 2 is 1.78 bits per heavy atom. The summed E-state index contributed by atoms with van der Waals surface area (Å²) < 4.78 is 20.3. The molecule has 0 spiro atoms. The number of halogens is 1. The highest BCUT2D eigenvalue weighted by Crippen LogP contribution is 2.37. The van der Waals surface area contributed by atoms with E-state index in [1.165, 1.54) is 6.07 Å². The zero-order chi connectivity index (χ0) is 26.4. The van der Waals surface area contributed by atoms with Crippen molar-refractivity contribution in [1.29, 1.82) is 0 Å². The summed E-state index contributed by atoms with van der Waals surface area (Å²) in [6, 6.07) is 5.55. The van der Waals surface area contributed by atoms with E-state index < -0.39 is 23.3 Å². The highest BCUT2D eigenvalue weighted by atomic mass is 19.1. The molecule has 8 nitrogen and oxygen atoms in total. The van der Waals surface area contributed by atoms with E-state index in [1.807, 2.05) is 34.6 Å². The minimum Gasteiger partial charge on any atom is -0.360 e. The number of benzene rings is 1. The van der Waals surface area contributed by atoms with Gasteiger partial charge in [0.1, 0.15) is 17.1 Å². The van der Waals surface area contributed by atoms with Gasteiger partial charge in [-0.2, -0.15) is 0 Å². The molecule has 2 fully saturated rings. The van der Waals surface area contributed by atoms with E-state index in [2.05, 4.69) is 15.8 Å². The minimum absolute atomic E-state index is 0.111. The molecule has 2 aromatic rings. The van der Waals surface area contributed by atoms with Gasteiger partial charge in [-0.1, -0.05) is 32.0 Å². The second kappa shape index (κ2) is 9.33. The van der Waals surface area contributed by atoms with Crippen LogP contribution in [-0.2, 0) is 10.2 Å². The first-order valence-corrected chi connectivity index (χ1v) is 12.6. The summed E-state index contributed by atoms with van der Waals surface area (Å²) in [4.78, 5) is 40.5. The Kier molecular flexibility index (Phi) is 6.70. The fraction of sp³-hybridized carbons (Fsp3) is 0.556. The molecule has 3 atom stereocenters. The highest BCUT2D eigenvalue weighted by molar-refractivity contribution is 5.99. The predicted molar refractivity (Wildman–Crippen MR) is 132 cm³/mol. The zero-order valence-corrected chi connectivity index (χ0v) is 21.8. The van der Waals surface area contributed by atoms with Crippen LogP contribution in [0.1, 0.15) is 105 Å². The summed E-state index contributed by atoms with van der Waals surface area (Å²) in [6.07, 6.45) is 2.82. The van der Waals surface area contributed by atoms with E-state index in [1.54, 1.807) is 30.0 Å². The molecule has 2 heterocycles. The van der Waals surface area contributed by atoms with E-state index in [-0.39, 0.29) is 40.6 Å². The van der Waals surface area contributed by atoms with E-state index in [9.17, 15) is 14.4 Å². The minimum atomic E-state index is -1.05. The van der Waals surface area contributed by atoms with Gasteiger partial charge in [0.05, 0.1) is 6.04 Å². The van der Waals surface area contributed by atoms with E-state index in [0.717, 1.165) is 12.8 Å². The van der Waals surface area contributed by atoms with Gasteiger partial charge in [-0.3, -0.25) is 14.4 Å². The van der Waals surface area contributed by atoms with E-state index in [0.29, 0.717) is 24.2 Å². The lowest BCUT2D eigenvalue weighted by Gasteiger charge is -2.26. The van der Waals surface area contributed by atoms with Gasteiger partial charge in [0, 0.05) is 34.7 Å². The molecule has 1 aromatic carbocycles. The lowest BCUT2D eigenvalue weighted by molar-refractivity contribution is -0.124. The topological polar surface area (TPSA) is 105 Å². The van der Waals surface area contributed by atoms with Crippen LogP contribution in [0.3, 0.4) is 0 Å². The summed E-state index contributed by atoms with van der Waals surface area (Å²) in [5.41, 5.74) is -0.676. The fourth-order valence-corrected chi connectivity index (χ4v) is 4.72. The lowest BCUT2D eigenvalue weighted by atomic mass is 9.93. The molecule has 4 rings (SSSR count). The number of carbonyl (C=O) groups excluding carboxylic acids is 3. The summed E-state index contributed by atoms with van der Waals surface area (Å²) in [5.74, 6) is -1.05. The van der Waals surface area contributed by atoms with Crippen LogP contribution in [0, 0.1) is 5.82 Å². The molecule has 0 bridgehead atoms. The molecular formula is C27H35FN4O4. The third kappa shape index (κ3) is 5.01. The SMILES string of the molecule is CC(NC(=O)C1(NC(=O)c2cc(C(C)(C)C)on2)CC1)c1ccc(C(=O)N2C(C)CCC2C)cc1F. The molecule has 2 N–H and O–H groups in total. The zero-order valence-electron chi connectivity index (χ0n) is 21.8. The summed E-state index contributed by atoms with van der Waals surface area (Å²) in [5, 5.41) is 9.41. The molecule has 1 aromatic heterocycles. The lowest BCUT2D eigenvalue weighted by Crippen LogP contribution is -2.49. The second-order valence-corrected chi connectivity index (χ2v) is 11.3. The van der Waals surface area contributed by atoms with Gasteiger partial charge < -0.3 is 20.1 Å². The van der Waals surface area contributed by atoms with Crippen molar-refractivity contribution in [3.05, 3.63) is 52.7 Å². The van der Waals surface area contributed by atoms with Crippen LogP contribution >= 0.6 is 0 Å². The van der Waals surface area contributed by atoms with Crippen molar-refractivity contribution in [3.63, 3.8) is 0 Å². The highest BCUT2D eigenvalue weighted by Gasteiger charge is 2.52. The molecule has 1 aliphatic heterocycles.